The van der Waals surface area contributed by atoms with Crippen LogP contribution in [0.15, 0.2) is 0 Å². The van der Waals surface area contributed by atoms with Gasteiger partial charge in [-0.25, -0.2) is 0 Å². The first-order chi connectivity index (χ1) is 5.70. The van der Waals surface area contributed by atoms with Gasteiger partial charge in [0, 0.05) is 6.61 Å². The molecule has 0 bridgehead atoms. The predicted octanol–water partition coefficient (Wildman–Crippen LogP) is 1.13. The van der Waals surface area contributed by atoms with Gasteiger partial charge in [0.05, 0.1) is 0 Å². The van der Waals surface area contributed by atoms with Crippen molar-refractivity contribution in [3.05, 3.63) is 0 Å². The molecule has 0 saturated heterocycles. The van der Waals surface area contributed by atoms with E-state index < -0.39 is 0 Å². The highest BCUT2D eigenvalue weighted by Crippen LogP contribution is 2.10. The Labute approximate surface area is 84.0 Å². The van der Waals surface area contributed by atoms with E-state index in [4.69, 9.17) is 9.16 Å². The smallest absolute Gasteiger partial charge is 0.149 e. The summed E-state index contributed by atoms with van der Waals surface area (Å²) < 4.78 is 10.6. The van der Waals surface area contributed by atoms with Crippen LogP contribution in [0.3, 0.4) is 0 Å². The summed E-state index contributed by atoms with van der Waals surface area (Å²) in [5.41, 5.74) is 0. The SMILES string of the molecule is CCOC(CCCC(C)S)O[SiH3]. The van der Waals surface area contributed by atoms with Crippen molar-refractivity contribution in [2.45, 2.75) is 44.6 Å². The Morgan fingerprint density at radius 1 is 1.42 bits per heavy atom. The van der Waals surface area contributed by atoms with Crippen molar-refractivity contribution in [2.75, 3.05) is 6.61 Å². The number of thiol groups is 1. The van der Waals surface area contributed by atoms with Crippen molar-refractivity contribution in [3.8, 4) is 0 Å². The lowest BCUT2D eigenvalue weighted by Crippen LogP contribution is -2.16. The van der Waals surface area contributed by atoms with Crippen LogP contribution < -0.4 is 0 Å². The molecular weight excluding hydrogens is 188 g/mol. The van der Waals surface area contributed by atoms with E-state index in [9.17, 15) is 0 Å². The number of hydrogen-bond acceptors (Lipinski definition) is 3. The molecule has 0 aromatic heterocycles. The lowest BCUT2D eigenvalue weighted by molar-refractivity contribution is -0.0770. The zero-order chi connectivity index (χ0) is 9.40. The van der Waals surface area contributed by atoms with Gasteiger partial charge in [-0.1, -0.05) is 6.92 Å². The topological polar surface area (TPSA) is 18.5 Å². The lowest BCUT2D eigenvalue weighted by Gasteiger charge is -2.15. The summed E-state index contributed by atoms with van der Waals surface area (Å²) in [4.78, 5) is 0. The molecule has 0 amide bonds. The molecule has 2 unspecified atom stereocenters. The third-order valence-electron chi connectivity index (χ3n) is 1.68. The zero-order valence-electron chi connectivity index (χ0n) is 8.25. The van der Waals surface area contributed by atoms with Crippen molar-refractivity contribution in [1.82, 2.24) is 0 Å². The largest absolute Gasteiger partial charge is 0.404 e. The molecule has 0 aliphatic carbocycles. The minimum atomic E-state index is 0.0359. The predicted molar refractivity (Wildman–Crippen MR) is 58.7 cm³/mol. The standard InChI is InChI=1S/C8H20O2SSi/c1-3-9-8(10-12)6-4-5-7(2)11/h7-8,11H,3-6H2,1-2,12H3. The minimum Gasteiger partial charge on any atom is -0.404 e. The third kappa shape index (κ3) is 7.15. The molecule has 0 saturated carbocycles. The van der Waals surface area contributed by atoms with E-state index in [1.54, 1.807) is 0 Å². The van der Waals surface area contributed by atoms with Crippen LogP contribution in [0.5, 0.6) is 0 Å². The van der Waals surface area contributed by atoms with Gasteiger partial charge in [-0.3, -0.25) is 0 Å². The molecular formula is C8H20O2SSi. The summed E-state index contributed by atoms with van der Waals surface area (Å²) in [5.74, 6) is 0. The zero-order valence-corrected chi connectivity index (χ0v) is 11.1. The van der Waals surface area contributed by atoms with Crippen molar-refractivity contribution >= 4 is 23.1 Å². The second-order valence-electron chi connectivity index (χ2n) is 2.90. The maximum Gasteiger partial charge on any atom is 0.149 e. The fourth-order valence-corrected chi connectivity index (χ4v) is 1.59. The van der Waals surface area contributed by atoms with E-state index in [1.807, 2.05) is 6.92 Å². The molecule has 0 rings (SSSR count). The second kappa shape index (κ2) is 8.10. The van der Waals surface area contributed by atoms with E-state index in [1.165, 1.54) is 0 Å². The van der Waals surface area contributed by atoms with E-state index in [2.05, 4.69) is 19.6 Å². The van der Waals surface area contributed by atoms with E-state index >= 15 is 0 Å². The molecule has 0 radical (unpaired) electrons. The van der Waals surface area contributed by atoms with Crippen molar-refractivity contribution in [3.63, 3.8) is 0 Å². The van der Waals surface area contributed by atoms with Crippen molar-refractivity contribution < 1.29 is 9.16 Å². The Bertz CT molecular complexity index is 101. The average molecular weight is 208 g/mol. The first-order valence-electron chi connectivity index (χ1n) is 4.53. The minimum absolute atomic E-state index is 0.0359. The van der Waals surface area contributed by atoms with Gasteiger partial charge in [-0.15, -0.1) is 0 Å². The van der Waals surface area contributed by atoms with Gasteiger partial charge >= 0.3 is 0 Å². The lowest BCUT2D eigenvalue weighted by atomic mass is 10.2. The molecule has 0 fully saturated rings. The Balaban J connectivity index is 3.31. The summed E-state index contributed by atoms with van der Waals surface area (Å²) in [6.45, 7) is 4.85. The fraction of sp³-hybridized carbons (Fsp3) is 1.00. The monoisotopic (exact) mass is 208 g/mol. The highest BCUT2D eigenvalue weighted by atomic mass is 32.1. The van der Waals surface area contributed by atoms with Gasteiger partial charge in [0.25, 0.3) is 0 Å². The van der Waals surface area contributed by atoms with Crippen LogP contribution in [0.1, 0.15) is 33.1 Å². The quantitative estimate of drug-likeness (QED) is 0.384. The van der Waals surface area contributed by atoms with Gasteiger partial charge in [0.2, 0.25) is 0 Å². The average Bonchev–Trinajstić information content (AvgIpc) is 2.02. The van der Waals surface area contributed by atoms with Crippen LogP contribution in [0.2, 0.25) is 0 Å². The third-order valence-corrected chi connectivity index (χ3v) is 2.46. The van der Waals surface area contributed by atoms with E-state index in [-0.39, 0.29) is 6.29 Å². The van der Waals surface area contributed by atoms with E-state index in [0.717, 1.165) is 36.4 Å². The van der Waals surface area contributed by atoms with Crippen LogP contribution in [-0.4, -0.2) is 28.6 Å². The van der Waals surface area contributed by atoms with Crippen molar-refractivity contribution in [2.24, 2.45) is 0 Å². The molecule has 0 N–H and O–H groups in total. The second-order valence-corrected chi connectivity index (χ2v) is 4.25. The molecule has 0 aromatic carbocycles. The summed E-state index contributed by atoms with van der Waals surface area (Å²) in [6, 6.07) is 0. The van der Waals surface area contributed by atoms with Gasteiger partial charge in [0.15, 0.2) is 0 Å². The fourth-order valence-electron chi connectivity index (χ4n) is 1.04. The highest BCUT2D eigenvalue weighted by molar-refractivity contribution is 7.80. The van der Waals surface area contributed by atoms with Crippen LogP contribution in [0.25, 0.3) is 0 Å². The molecule has 2 atom stereocenters. The van der Waals surface area contributed by atoms with Gasteiger partial charge in [-0.05, 0) is 31.4 Å². The summed E-state index contributed by atoms with van der Waals surface area (Å²) in [5, 5.41) is 0.487. The maximum absolute atomic E-state index is 5.36. The van der Waals surface area contributed by atoms with Gasteiger partial charge in [0.1, 0.15) is 16.8 Å². The summed E-state index contributed by atoms with van der Waals surface area (Å²) in [6.07, 6.45) is 3.31. The first-order valence-corrected chi connectivity index (χ1v) is 5.86. The molecule has 0 aliphatic heterocycles. The Hall–Kier alpha value is 0.487. The molecule has 12 heavy (non-hydrogen) atoms. The Morgan fingerprint density at radius 2 is 2.08 bits per heavy atom. The Morgan fingerprint density at radius 3 is 2.50 bits per heavy atom. The van der Waals surface area contributed by atoms with Crippen LogP contribution in [0, 0.1) is 0 Å². The van der Waals surface area contributed by atoms with Crippen LogP contribution in [0.4, 0.5) is 0 Å². The highest BCUT2D eigenvalue weighted by Gasteiger charge is 2.05. The number of hydrogen-bond donors (Lipinski definition) is 1. The van der Waals surface area contributed by atoms with Crippen molar-refractivity contribution in [1.29, 1.82) is 0 Å². The molecule has 74 valence electrons. The van der Waals surface area contributed by atoms with Gasteiger partial charge in [-0.2, -0.15) is 12.6 Å². The molecule has 4 heteroatoms. The molecule has 0 spiro atoms. The van der Waals surface area contributed by atoms with Gasteiger partial charge < -0.3 is 9.16 Å². The van der Waals surface area contributed by atoms with Crippen LogP contribution in [-0.2, 0) is 9.16 Å². The summed E-state index contributed by atoms with van der Waals surface area (Å²) >= 11 is 4.31. The number of rotatable bonds is 7. The number of ether oxygens (including phenoxy) is 1. The first kappa shape index (κ1) is 12.5. The normalized spacial score (nSPS) is 16.2. The molecule has 2 nitrogen and oxygen atoms in total. The molecule has 0 aromatic rings. The van der Waals surface area contributed by atoms with E-state index in [0.29, 0.717) is 5.25 Å². The van der Waals surface area contributed by atoms with Crippen LogP contribution >= 0.6 is 12.6 Å². The Kier molecular flexibility index (Phi) is 8.43. The molecule has 0 aliphatic rings. The summed E-state index contributed by atoms with van der Waals surface area (Å²) in [7, 11) is 0.755. The molecule has 0 heterocycles. The maximum atomic E-state index is 5.36.